The topological polar surface area (TPSA) is 9.23 Å². The van der Waals surface area contributed by atoms with Crippen molar-refractivity contribution in [2.24, 2.45) is 0 Å². The molecule has 1 saturated heterocycles. The summed E-state index contributed by atoms with van der Waals surface area (Å²) in [4.78, 5) is 0. The molecule has 9 heavy (non-hydrogen) atoms. The van der Waals surface area contributed by atoms with Crippen molar-refractivity contribution in [3.8, 4) is 0 Å². The van der Waals surface area contributed by atoms with Gasteiger partial charge in [-0.1, -0.05) is 0 Å². The zero-order chi connectivity index (χ0) is 6.53. The van der Waals surface area contributed by atoms with Crippen molar-refractivity contribution in [2.45, 2.75) is 24.5 Å². The second-order valence-electron chi connectivity index (χ2n) is 2.43. The summed E-state index contributed by atoms with van der Waals surface area (Å²) in [5, 5.41) is 0.771. The predicted octanol–water partition coefficient (Wildman–Crippen LogP) is 1.92. The smallest absolute Gasteiger partial charge is 0.0584 e. The first-order valence-corrected chi connectivity index (χ1v) is 4.83. The Morgan fingerprint density at radius 3 is 3.11 bits per heavy atom. The van der Waals surface area contributed by atoms with Gasteiger partial charge in [0.2, 0.25) is 0 Å². The van der Waals surface area contributed by atoms with Crippen LogP contribution in [0.15, 0.2) is 0 Å². The molecule has 1 unspecified atom stereocenters. The molecule has 1 rings (SSSR count). The number of hydrogen-bond donors (Lipinski definition) is 0. The third kappa shape index (κ3) is 2.59. The highest BCUT2D eigenvalue weighted by Gasteiger charge is 2.09. The first-order valence-electron chi connectivity index (χ1n) is 3.54. The molecule has 1 atom stereocenters. The van der Waals surface area contributed by atoms with E-state index in [0.717, 1.165) is 18.5 Å². The lowest BCUT2D eigenvalue weighted by Gasteiger charge is -2.08. The van der Waals surface area contributed by atoms with Gasteiger partial charge in [0.25, 0.3) is 0 Å². The Morgan fingerprint density at radius 2 is 2.33 bits per heavy atom. The second kappa shape index (κ2) is 4.18. The molecule has 0 aliphatic carbocycles. The summed E-state index contributed by atoms with van der Waals surface area (Å²) in [5.74, 6) is 0. The molecule has 0 amide bonds. The Bertz CT molecular complexity index is 67.3. The van der Waals surface area contributed by atoms with Crippen molar-refractivity contribution in [1.29, 1.82) is 0 Å². The second-order valence-corrected chi connectivity index (χ2v) is 3.57. The highest BCUT2D eigenvalue weighted by Crippen LogP contribution is 2.17. The summed E-state index contributed by atoms with van der Waals surface area (Å²) in [6.45, 7) is 1.96. The van der Waals surface area contributed by atoms with Crippen molar-refractivity contribution in [2.75, 3.05) is 19.5 Å². The highest BCUT2D eigenvalue weighted by molar-refractivity contribution is 7.99. The van der Waals surface area contributed by atoms with Gasteiger partial charge in [-0.2, -0.15) is 11.8 Å². The molecule has 54 valence electrons. The average molecular weight is 146 g/mol. The third-order valence-corrected chi connectivity index (χ3v) is 2.74. The van der Waals surface area contributed by atoms with E-state index in [1.807, 2.05) is 11.8 Å². The molecule has 2 heteroatoms. The van der Waals surface area contributed by atoms with Gasteiger partial charge in [-0.15, -0.1) is 0 Å². The molecule has 0 aromatic rings. The lowest BCUT2D eigenvalue weighted by molar-refractivity contribution is 0.147. The Labute approximate surface area is 61.2 Å². The molecule has 0 aromatic carbocycles. The highest BCUT2D eigenvalue weighted by atomic mass is 32.2. The number of rotatable bonds is 1. The fourth-order valence-electron chi connectivity index (χ4n) is 1.06. The van der Waals surface area contributed by atoms with Gasteiger partial charge < -0.3 is 4.74 Å². The molecular weight excluding hydrogens is 132 g/mol. The molecule has 1 nitrogen and oxygen atoms in total. The van der Waals surface area contributed by atoms with Crippen LogP contribution in [0.4, 0.5) is 0 Å². The van der Waals surface area contributed by atoms with Crippen LogP contribution in [0.5, 0.6) is 0 Å². The first-order chi connectivity index (χ1) is 4.43. The van der Waals surface area contributed by atoms with Gasteiger partial charge in [-0.25, -0.2) is 0 Å². The van der Waals surface area contributed by atoms with Gasteiger partial charge in [0.1, 0.15) is 0 Å². The van der Waals surface area contributed by atoms with Crippen LogP contribution >= 0.6 is 11.8 Å². The molecule has 0 spiro atoms. The number of hydrogen-bond acceptors (Lipinski definition) is 2. The van der Waals surface area contributed by atoms with E-state index in [1.165, 1.54) is 19.3 Å². The standard InChI is InChI=1S/C7H14OS/c1-9-7-4-2-3-5-8-6-7/h7H,2-6H2,1H3. The molecule has 1 heterocycles. The molecule has 0 radical (unpaired) electrons. The van der Waals surface area contributed by atoms with Crippen LogP contribution in [0.3, 0.4) is 0 Å². The Hall–Kier alpha value is 0.310. The fourth-order valence-corrected chi connectivity index (χ4v) is 1.69. The minimum Gasteiger partial charge on any atom is -0.380 e. The van der Waals surface area contributed by atoms with Crippen LogP contribution < -0.4 is 0 Å². The SMILES string of the molecule is CSC1CCCCOC1. The molecule has 1 fully saturated rings. The molecule has 1 aliphatic heterocycles. The Morgan fingerprint density at radius 1 is 1.44 bits per heavy atom. The van der Waals surface area contributed by atoms with Crippen LogP contribution in [0.25, 0.3) is 0 Å². The maximum absolute atomic E-state index is 5.38. The summed E-state index contributed by atoms with van der Waals surface area (Å²) in [6, 6.07) is 0. The van der Waals surface area contributed by atoms with E-state index in [-0.39, 0.29) is 0 Å². The maximum Gasteiger partial charge on any atom is 0.0584 e. The summed E-state index contributed by atoms with van der Waals surface area (Å²) in [5.41, 5.74) is 0. The average Bonchev–Trinajstić information content (AvgIpc) is 2.13. The van der Waals surface area contributed by atoms with Crippen molar-refractivity contribution in [3.05, 3.63) is 0 Å². The van der Waals surface area contributed by atoms with Gasteiger partial charge in [-0.05, 0) is 25.5 Å². The molecular formula is C7H14OS. The van der Waals surface area contributed by atoms with Crippen molar-refractivity contribution in [1.82, 2.24) is 0 Å². The van der Waals surface area contributed by atoms with Gasteiger partial charge in [0.15, 0.2) is 0 Å². The minimum atomic E-state index is 0.771. The van der Waals surface area contributed by atoms with E-state index in [1.54, 1.807) is 0 Å². The van der Waals surface area contributed by atoms with Crippen LogP contribution in [0.2, 0.25) is 0 Å². The van der Waals surface area contributed by atoms with E-state index in [2.05, 4.69) is 6.26 Å². The fraction of sp³-hybridized carbons (Fsp3) is 1.00. The molecule has 0 aromatic heterocycles. The summed E-state index contributed by atoms with van der Waals surface area (Å²) < 4.78 is 5.38. The van der Waals surface area contributed by atoms with Crippen molar-refractivity contribution in [3.63, 3.8) is 0 Å². The number of ether oxygens (including phenoxy) is 1. The van der Waals surface area contributed by atoms with Crippen LogP contribution in [0, 0.1) is 0 Å². The largest absolute Gasteiger partial charge is 0.380 e. The normalized spacial score (nSPS) is 29.7. The van der Waals surface area contributed by atoms with Crippen LogP contribution in [-0.2, 0) is 4.74 Å². The molecule has 1 aliphatic rings. The third-order valence-electron chi connectivity index (χ3n) is 1.70. The van der Waals surface area contributed by atoms with Gasteiger partial charge in [0, 0.05) is 11.9 Å². The minimum absolute atomic E-state index is 0.771. The summed E-state index contributed by atoms with van der Waals surface area (Å²) in [6.07, 6.45) is 6.13. The Kier molecular flexibility index (Phi) is 3.44. The quantitative estimate of drug-likeness (QED) is 0.559. The van der Waals surface area contributed by atoms with Crippen LogP contribution in [0.1, 0.15) is 19.3 Å². The molecule has 0 bridgehead atoms. The van der Waals surface area contributed by atoms with Gasteiger partial charge in [-0.3, -0.25) is 0 Å². The van der Waals surface area contributed by atoms with E-state index in [4.69, 9.17) is 4.74 Å². The van der Waals surface area contributed by atoms with E-state index in [0.29, 0.717) is 0 Å². The van der Waals surface area contributed by atoms with E-state index >= 15 is 0 Å². The number of thioether (sulfide) groups is 1. The monoisotopic (exact) mass is 146 g/mol. The summed E-state index contributed by atoms with van der Waals surface area (Å²) >= 11 is 1.93. The first kappa shape index (κ1) is 7.42. The maximum atomic E-state index is 5.38. The van der Waals surface area contributed by atoms with Crippen LogP contribution in [-0.4, -0.2) is 24.7 Å². The molecule has 0 N–H and O–H groups in total. The lowest BCUT2D eigenvalue weighted by atomic mass is 10.2. The van der Waals surface area contributed by atoms with E-state index in [9.17, 15) is 0 Å². The zero-order valence-electron chi connectivity index (χ0n) is 5.93. The van der Waals surface area contributed by atoms with Crippen molar-refractivity contribution >= 4 is 11.8 Å². The van der Waals surface area contributed by atoms with Crippen molar-refractivity contribution < 1.29 is 4.74 Å². The lowest BCUT2D eigenvalue weighted by Crippen LogP contribution is -2.07. The Balaban J connectivity index is 2.18. The zero-order valence-corrected chi connectivity index (χ0v) is 6.75. The van der Waals surface area contributed by atoms with Gasteiger partial charge in [0.05, 0.1) is 6.61 Å². The van der Waals surface area contributed by atoms with Gasteiger partial charge >= 0.3 is 0 Å². The molecule has 0 saturated carbocycles. The van der Waals surface area contributed by atoms with E-state index < -0.39 is 0 Å². The predicted molar refractivity (Wildman–Crippen MR) is 42.0 cm³/mol. The summed E-state index contributed by atoms with van der Waals surface area (Å²) in [7, 11) is 0.